The molecule has 0 saturated heterocycles. The van der Waals surface area contributed by atoms with Gasteiger partial charge in [0.15, 0.2) is 11.5 Å². The first-order valence-electron chi connectivity index (χ1n) is 13.0. The van der Waals surface area contributed by atoms with Crippen molar-refractivity contribution in [3.63, 3.8) is 0 Å². The molecule has 1 aliphatic rings. The Balaban J connectivity index is 1.73. The first-order valence-corrected chi connectivity index (χ1v) is 15.6. The Morgan fingerprint density at radius 1 is 0.927 bits per heavy atom. The van der Waals surface area contributed by atoms with Gasteiger partial charge in [-0.05, 0) is 42.3 Å². The molecule has 1 aliphatic heterocycles. The fourth-order valence-corrected chi connectivity index (χ4v) is 5.64. The van der Waals surface area contributed by atoms with E-state index in [-0.39, 0.29) is 24.6 Å². The number of ether oxygens (including phenoxy) is 2. The van der Waals surface area contributed by atoms with Crippen LogP contribution in [0.5, 0.6) is 11.5 Å². The van der Waals surface area contributed by atoms with Crippen LogP contribution in [0, 0.1) is 0 Å². The fourth-order valence-electron chi connectivity index (χ4n) is 4.48. The molecule has 0 bridgehead atoms. The highest BCUT2D eigenvalue weighted by Gasteiger charge is 2.33. The van der Waals surface area contributed by atoms with Crippen molar-refractivity contribution in [3.8, 4) is 11.5 Å². The number of likely N-dealkylation sites (N-methyl/N-ethyl adjacent to an activating group) is 1. The van der Waals surface area contributed by atoms with E-state index in [4.69, 9.17) is 32.7 Å². The molecule has 3 aromatic rings. The van der Waals surface area contributed by atoms with Gasteiger partial charge in [0.1, 0.15) is 25.8 Å². The minimum atomic E-state index is -3.92. The molecule has 0 aromatic heterocycles. The number of fused-ring (bicyclic) bond motifs is 1. The summed E-state index contributed by atoms with van der Waals surface area (Å²) in [5.74, 6) is -0.0782. The molecule has 3 aromatic carbocycles. The number of hydrogen-bond acceptors (Lipinski definition) is 6. The van der Waals surface area contributed by atoms with E-state index in [1.54, 1.807) is 37.3 Å². The highest BCUT2D eigenvalue weighted by Crippen LogP contribution is 2.35. The second kappa shape index (κ2) is 13.5. The number of anilines is 1. The van der Waals surface area contributed by atoms with Crippen LogP contribution in [0.4, 0.5) is 5.69 Å². The summed E-state index contributed by atoms with van der Waals surface area (Å²) >= 11 is 12.4. The van der Waals surface area contributed by atoms with E-state index in [1.807, 2.05) is 30.3 Å². The summed E-state index contributed by atoms with van der Waals surface area (Å²) in [6.07, 6.45) is 1.23. The smallest absolute Gasteiger partial charge is 0.244 e. The predicted octanol–water partition coefficient (Wildman–Crippen LogP) is 4.31. The van der Waals surface area contributed by atoms with E-state index in [0.29, 0.717) is 46.9 Å². The van der Waals surface area contributed by atoms with E-state index in [9.17, 15) is 18.0 Å². The number of amides is 2. The molecule has 9 nitrogen and oxygen atoms in total. The quantitative estimate of drug-likeness (QED) is 0.343. The van der Waals surface area contributed by atoms with Gasteiger partial charge in [-0.3, -0.25) is 13.9 Å². The molecule has 0 fully saturated rings. The van der Waals surface area contributed by atoms with Crippen LogP contribution in [0.1, 0.15) is 18.1 Å². The number of sulfonamides is 1. The third-order valence-electron chi connectivity index (χ3n) is 6.45. The molecule has 0 aliphatic carbocycles. The van der Waals surface area contributed by atoms with Crippen LogP contribution in [0.15, 0.2) is 66.7 Å². The summed E-state index contributed by atoms with van der Waals surface area (Å²) < 4.78 is 38.1. The Morgan fingerprint density at radius 2 is 1.63 bits per heavy atom. The van der Waals surface area contributed by atoms with Crippen molar-refractivity contribution >= 4 is 50.7 Å². The minimum absolute atomic E-state index is 0.0108. The summed E-state index contributed by atoms with van der Waals surface area (Å²) in [4.78, 5) is 28.9. The first kappa shape index (κ1) is 30.5. The van der Waals surface area contributed by atoms with Crippen molar-refractivity contribution in [3.05, 3.63) is 87.9 Å². The third kappa shape index (κ3) is 7.84. The van der Waals surface area contributed by atoms with Crippen LogP contribution in [-0.2, 0) is 32.6 Å². The zero-order chi connectivity index (χ0) is 29.6. The summed E-state index contributed by atoms with van der Waals surface area (Å²) in [5, 5.41) is 3.46. The normalized spacial score (nSPS) is 13.3. The molecular formula is C29H31Cl2N3O6S. The number of benzene rings is 3. The molecule has 0 radical (unpaired) electrons. The molecule has 0 unspecified atom stereocenters. The summed E-state index contributed by atoms with van der Waals surface area (Å²) in [6, 6.07) is 18.0. The summed E-state index contributed by atoms with van der Waals surface area (Å²) in [6.45, 7) is 2.28. The van der Waals surface area contributed by atoms with Crippen LogP contribution < -0.4 is 19.1 Å². The van der Waals surface area contributed by atoms with E-state index in [1.165, 1.54) is 11.0 Å². The number of rotatable bonds is 11. The fraction of sp³-hybridized carbons (Fsp3) is 0.310. The molecule has 0 saturated carbocycles. The number of carbonyl (C=O) groups is 2. The SMILES string of the molecule is CCNC(=O)[C@@H](Cc1ccccc1)N(Cc1ccc(Cl)c(Cl)c1)C(=O)CN(c1ccc2c(c1)OCCO2)S(C)(=O)=O. The average Bonchev–Trinajstić information content (AvgIpc) is 2.95. The van der Waals surface area contributed by atoms with Gasteiger partial charge in [0.25, 0.3) is 0 Å². The van der Waals surface area contributed by atoms with Crippen molar-refractivity contribution in [2.45, 2.75) is 25.9 Å². The molecule has 1 atom stereocenters. The zero-order valence-electron chi connectivity index (χ0n) is 22.7. The lowest BCUT2D eigenvalue weighted by atomic mass is 10.0. The molecule has 1 N–H and O–H groups in total. The van der Waals surface area contributed by atoms with Crippen molar-refractivity contribution in [2.24, 2.45) is 0 Å². The van der Waals surface area contributed by atoms with Gasteiger partial charge in [0.05, 0.1) is 22.0 Å². The van der Waals surface area contributed by atoms with Crippen molar-refractivity contribution in [1.29, 1.82) is 0 Å². The second-order valence-electron chi connectivity index (χ2n) is 9.47. The minimum Gasteiger partial charge on any atom is -0.486 e. The van der Waals surface area contributed by atoms with E-state index in [0.717, 1.165) is 16.1 Å². The van der Waals surface area contributed by atoms with Gasteiger partial charge in [-0.2, -0.15) is 0 Å². The molecule has 4 rings (SSSR count). The maximum absolute atomic E-state index is 14.1. The number of carbonyl (C=O) groups excluding carboxylic acids is 2. The maximum atomic E-state index is 14.1. The largest absolute Gasteiger partial charge is 0.486 e. The molecule has 1 heterocycles. The third-order valence-corrected chi connectivity index (χ3v) is 8.33. The zero-order valence-corrected chi connectivity index (χ0v) is 25.0. The molecule has 12 heteroatoms. The van der Waals surface area contributed by atoms with Crippen molar-refractivity contribution in [1.82, 2.24) is 10.2 Å². The molecule has 41 heavy (non-hydrogen) atoms. The number of hydrogen-bond donors (Lipinski definition) is 1. The summed E-state index contributed by atoms with van der Waals surface area (Å²) in [5.41, 5.74) is 1.69. The first-order chi connectivity index (χ1) is 19.6. The van der Waals surface area contributed by atoms with Crippen molar-refractivity contribution in [2.75, 3.05) is 36.9 Å². The van der Waals surface area contributed by atoms with E-state index >= 15 is 0 Å². The van der Waals surface area contributed by atoms with Crippen LogP contribution in [0.3, 0.4) is 0 Å². The van der Waals surface area contributed by atoms with E-state index in [2.05, 4.69) is 5.32 Å². The lowest BCUT2D eigenvalue weighted by molar-refractivity contribution is -0.140. The molecule has 0 spiro atoms. The maximum Gasteiger partial charge on any atom is 0.244 e. The number of halogens is 2. The molecular weight excluding hydrogens is 589 g/mol. The van der Waals surface area contributed by atoms with Crippen LogP contribution >= 0.6 is 23.2 Å². The highest BCUT2D eigenvalue weighted by atomic mass is 35.5. The Bertz CT molecular complexity index is 1500. The Morgan fingerprint density at radius 3 is 2.29 bits per heavy atom. The summed E-state index contributed by atoms with van der Waals surface area (Å²) in [7, 11) is -3.92. The van der Waals surface area contributed by atoms with Crippen molar-refractivity contribution < 1.29 is 27.5 Å². The van der Waals surface area contributed by atoms with Gasteiger partial charge in [-0.25, -0.2) is 8.42 Å². The van der Waals surface area contributed by atoms with Gasteiger partial charge >= 0.3 is 0 Å². The van der Waals surface area contributed by atoms with Gasteiger partial charge < -0.3 is 19.7 Å². The van der Waals surface area contributed by atoms with Gasteiger partial charge in [0, 0.05) is 25.6 Å². The standard InChI is InChI=1S/C29H31Cl2N3O6S/c1-3-32-29(36)25(16-20-7-5-4-6-8-20)33(18-21-9-11-23(30)24(31)15-21)28(35)19-34(41(2,37)38)22-10-12-26-27(17-22)40-14-13-39-26/h4-12,15,17,25H,3,13-14,16,18-19H2,1-2H3,(H,32,36)/t25-/m1/s1. The van der Waals surface area contributed by atoms with Gasteiger partial charge in [-0.1, -0.05) is 59.6 Å². The lowest BCUT2D eigenvalue weighted by Gasteiger charge is -2.33. The average molecular weight is 621 g/mol. The van der Waals surface area contributed by atoms with Gasteiger partial charge in [-0.15, -0.1) is 0 Å². The monoisotopic (exact) mass is 619 g/mol. The Hall–Kier alpha value is -3.47. The molecule has 2 amide bonds. The molecule has 218 valence electrons. The van der Waals surface area contributed by atoms with Gasteiger partial charge in [0.2, 0.25) is 21.8 Å². The topological polar surface area (TPSA) is 105 Å². The highest BCUT2D eigenvalue weighted by molar-refractivity contribution is 7.92. The Labute approximate surface area is 250 Å². The lowest BCUT2D eigenvalue weighted by Crippen LogP contribution is -2.53. The number of nitrogens with one attached hydrogen (secondary N) is 1. The van der Waals surface area contributed by atoms with Crippen LogP contribution in [-0.4, -0.2) is 63.7 Å². The predicted molar refractivity (Wildman–Crippen MR) is 159 cm³/mol. The van der Waals surface area contributed by atoms with E-state index < -0.39 is 28.5 Å². The second-order valence-corrected chi connectivity index (χ2v) is 12.2. The number of nitrogens with zero attached hydrogens (tertiary/aromatic N) is 2. The van der Waals surface area contributed by atoms with Crippen LogP contribution in [0.2, 0.25) is 10.0 Å². The Kier molecular flexibility index (Phi) is 10.0. The van der Waals surface area contributed by atoms with Crippen LogP contribution in [0.25, 0.3) is 0 Å².